The van der Waals surface area contributed by atoms with Gasteiger partial charge in [-0.3, -0.25) is 4.79 Å². The van der Waals surface area contributed by atoms with E-state index < -0.39 is 11.8 Å². The summed E-state index contributed by atoms with van der Waals surface area (Å²) in [5.74, 6) is -0.956. The van der Waals surface area contributed by atoms with Crippen LogP contribution in [0.1, 0.15) is 5.56 Å². The topological polar surface area (TPSA) is 90.1 Å². The molecule has 0 saturated heterocycles. The average Bonchev–Trinajstić information content (AvgIpc) is 2.54. The molecule has 1 heterocycles. The Hall–Kier alpha value is -2.41. The third-order valence-electron chi connectivity index (χ3n) is 3.22. The number of hydrogen-bond acceptors (Lipinski definition) is 5. The Morgan fingerprint density at radius 1 is 1.43 bits per heavy atom. The van der Waals surface area contributed by atoms with Crippen LogP contribution in [-0.2, 0) is 11.2 Å². The van der Waals surface area contributed by atoms with Crippen molar-refractivity contribution in [3.8, 4) is 6.01 Å². The molecular weight excluding hydrogens is 323 g/mol. The van der Waals surface area contributed by atoms with Gasteiger partial charge in [-0.15, -0.1) is 0 Å². The molecule has 0 fully saturated rings. The van der Waals surface area contributed by atoms with E-state index in [4.69, 9.17) is 22.1 Å². The SMILES string of the molecule is COc1ncc(Cl)c(NCC(Cc2ccc(F)cc2)C(N)=O)n1. The van der Waals surface area contributed by atoms with Crippen molar-refractivity contribution in [2.45, 2.75) is 6.42 Å². The highest BCUT2D eigenvalue weighted by molar-refractivity contribution is 6.32. The number of nitrogens with two attached hydrogens (primary N) is 1. The molecule has 0 aliphatic rings. The molecule has 1 aromatic carbocycles. The Balaban J connectivity index is 2.05. The van der Waals surface area contributed by atoms with Crippen molar-refractivity contribution < 1.29 is 13.9 Å². The normalized spacial score (nSPS) is 11.8. The second-order valence-electron chi connectivity index (χ2n) is 4.86. The molecule has 0 bridgehead atoms. The van der Waals surface area contributed by atoms with E-state index in [9.17, 15) is 9.18 Å². The predicted octanol–water partition coefficient (Wildman–Crippen LogP) is 2.03. The number of benzene rings is 1. The van der Waals surface area contributed by atoms with Gasteiger partial charge < -0.3 is 15.8 Å². The van der Waals surface area contributed by atoms with Crippen LogP contribution < -0.4 is 15.8 Å². The van der Waals surface area contributed by atoms with Crippen molar-refractivity contribution in [1.29, 1.82) is 0 Å². The quantitative estimate of drug-likeness (QED) is 0.806. The minimum atomic E-state index is -0.502. The van der Waals surface area contributed by atoms with Crippen LogP contribution in [0, 0.1) is 11.7 Å². The van der Waals surface area contributed by atoms with E-state index in [-0.39, 0.29) is 18.4 Å². The molecule has 1 unspecified atom stereocenters. The number of aromatic nitrogens is 2. The van der Waals surface area contributed by atoms with Gasteiger partial charge in [0.1, 0.15) is 10.8 Å². The highest BCUT2D eigenvalue weighted by Crippen LogP contribution is 2.21. The molecule has 0 radical (unpaired) electrons. The summed E-state index contributed by atoms with van der Waals surface area (Å²) in [6.07, 6.45) is 1.78. The van der Waals surface area contributed by atoms with Gasteiger partial charge in [0.2, 0.25) is 5.91 Å². The molecule has 0 aliphatic carbocycles. The summed E-state index contributed by atoms with van der Waals surface area (Å²) in [6, 6.07) is 6.07. The number of hydrogen-bond donors (Lipinski definition) is 2. The standard InChI is InChI=1S/C15H16ClFN4O2/c1-23-15-20-8-12(16)14(21-15)19-7-10(13(18)22)6-9-2-4-11(17)5-3-9/h2-5,8,10H,6-7H2,1H3,(H2,18,22)(H,19,20,21). The molecule has 3 N–H and O–H groups in total. The average molecular weight is 339 g/mol. The van der Waals surface area contributed by atoms with Crippen molar-refractivity contribution in [1.82, 2.24) is 9.97 Å². The number of methoxy groups -OCH3 is 1. The Bertz CT molecular complexity index is 682. The van der Waals surface area contributed by atoms with Crippen LogP contribution in [0.3, 0.4) is 0 Å². The first kappa shape index (κ1) is 17.0. The van der Waals surface area contributed by atoms with Gasteiger partial charge in [0, 0.05) is 6.54 Å². The maximum atomic E-state index is 12.9. The van der Waals surface area contributed by atoms with Crippen molar-refractivity contribution in [2.24, 2.45) is 11.7 Å². The summed E-state index contributed by atoms with van der Waals surface area (Å²) in [5, 5.41) is 3.26. The summed E-state index contributed by atoms with van der Waals surface area (Å²) >= 11 is 5.99. The largest absolute Gasteiger partial charge is 0.467 e. The minimum Gasteiger partial charge on any atom is -0.467 e. The van der Waals surface area contributed by atoms with Crippen molar-refractivity contribution in [3.05, 3.63) is 46.9 Å². The highest BCUT2D eigenvalue weighted by Gasteiger charge is 2.17. The van der Waals surface area contributed by atoms with Crippen LogP contribution in [0.2, 0.25) is 5.02 Å². The monoisotopic (exact) mass is 338 g/mol. The number of carbonyl (C=O) groups is 1. The van der Waals surface area contributed by atoms with Gasteiger partial charge in [0.05, 0.1) is 19.2 Å². The molecule has 0 aliphatic heterocycles. The van der Waals surface area contributed by atoms with E-state index in [1.807, 2.05) is 0 Å². The van der Waals surface area contributed by atoms with E-state index in [0.717, 1.165) is 5.56 Å². The Morgan fingerprint density at radius 2 is 2.13 bits per heavy atom. The van der Waals surface area contributed by atoms with E-state index in [1.165, 1.54) is 25.4 Å². The molecule has 1 amide bonds. The first-order valence-corrected chi connectivity index (χ1v) is 7.21. The molecule has 0 spiro atoms. The van der Waals surface area contributed by atoms with Crippen molar-refractivity contribution in [3.63, 3.8) is 0 Å². The smallest absolute Gasteiger partial charge is 0.318 e. The van der Waals surface area contributed by atoms with Crippen LogP contribution >= 0.6 is 11.6 Å². The summed E-state index contributed by atoms with van der Waals surface area (Å²) < 4.78 is 17.8. The predicted molar refractivity (Wildman–Crippen MR) is 84.9 cm³/mol. The molecule has 6 nitrogen and oxygen atoms in total. The molecule has 0 saturated carbocycles. The van der Waals surface area contributed by atoms with Crippen LogP contribution in [0.15, 0.2) is 30.5 Å². The lowest BCUT2D eigenvalue weighted by atomic mass is 9.98. The fourth-order valence-corrected chi connectivity index (χ4v) is 2.13. The first-order chi connectivity index (χ1) is 11.0. The molecule has 2 rings (SSSR count). The number of carbonyl (C=O) groups excluding carboxylic acids is 1. The van der Waals surface area contributed by atoms with Crippen LogP contribution in [0.25, 0.3) is 0 Å². The summed E-state index contributed by atoms with van der Waals surface area (Å²) in [6.45, 7) is 0.229. The zero-order chi connectivity index (χ0) is 16.8. The summed E-state index contributed by atoms with van der Waals surface area (Å²) in [4.78, 5) is 19.5. The molecule has 23 heavy (non-hydrogen) atoms. The van der Waals surface area contributed by atoms with E-state index in [2.05, 4.69) is 15.3 Å². The lowest BCUT2D eigenvalue weighted by molar-refractivity contribution is -0.121. The van der Waals surface area contributed by atoms with E-state index in [1.54, 1.807) is 12.1 Å². The minimum absolute atomic E-state index is 0.158. The van der Waals surface area contributed by atoms with Gasteiger partial charge >= 0.3 is 6.01 Å². The first-order valence-electron chi connectivity index (χ1n) is 6.83. The number of nitrogens with zero attached hydrogens (tertiary/aromatic N) is 2. The lowest BCUT2D eigenvalue weighted by Gasteiger charge is -2.15. The Morgan fingerprint density at radius 3 is 2.74 bits per heavy atom. The maximum Gasteiger partial charge on any atom is 0.318 e. The third-order valence-corrected chi connectivity index (χ3v) is 3.49. The number of amides is 1. The zero-order valence-electron chi connectivity index (χ0n) is 12.4. The number of halogens is 2. The van der Waals surface area contributed by atoms with Crippen LogP contribution in [0.5, 0.6) is 6.01 Å². The van der Waals surface area contributed by atoms with Gasteiger partial charge in [0.25, 0.3) is 0 Å². The molecule has 1 aromatic heterocycles. The fourth-order valence-electron chi connectivity index (χ4n) is 1.97. The molecule has 2 aromatic rings. The second-order valence-corrected chi connectivity index (χ2v) is 5.27. The Kier molecular flexibility index (Phi) is 5.70. The van der Waals surface area contributed by atoms with E-state index in [0.29, 0.717) is 17.3 Å². The van der Waals surface area contributed by atoms with Gasteiger partial charge in [0.15, 0.2) is 5.82 Å². The van der Waals surface area contributed by atoms with Gasteiger partial charge in [-0.2, -0.15) is 4.98 Å². The molecule has 122 valence electrons. The number of rotatable bonds is 7. The number of primary amides is 1. The lowest BCUT2D eigenvalue weighted by Crippen LogP contribution is -2.31. The van der Waals surface area contributed by atoms with Crippen LogP contribution in [-0.4, -0.2) is 29.5 Å². The van der Waals surface area contributed by atoms with Crippen LogP contribution in [0.4, 0.5) is 10.2 Å². The Labute approximate surface area is 137 Å². The molecule has 1 atom stereocenters. The second kappa shape index (κ2) is 7.73. The number of anilines is 1. The van der Waals surface area contributed by atoms with Crippen molar-refractivity contribution >= 4 is 23.3 Å². The maximum absolute atomic E-state index is 12.9. The van der Waals surface area contributed by atoms with E-state index >= 15 is 0 Å². The highest BCUT2D eigenvalue weighted by atomic mass is 35.5. The molecule has 8 heteroatoms. The van der Waals surface area contributed by atoms with Crippen molar-refractivity contribution in [2.75, 3.05) is 19.0 Å². The van der Waals surface area contributed by atoms with Gasteiger partial charge in [-0.05, 0) is 24.1 Å². The number of nitrogens with one attached hydrogen (secondary N) is 1. The van der Waals surface area contributed by atoms with Gasteiger partial charge in [-0.25, -0.2) is 9.37 Å². The summed E-state index contributed by atoms with van der Waals surface area (Å²) in [5.41, 5.74) is 6.24. The fraction of sp³-hybridized carbons (Fsp3) is 0.267. The summed E-state index contributed by atoms with van der Waals surface area (Å²) in [7, 11) is 1.44. The molecular formula is C15H16ClFN4O2. The zero-order valence-corrected chi connectivity index (χ0v) is 13.2. The third kappa shape index (κ3) is 4.79. The number of ether oxygens (including phenoxy) is 1. The van der Waals surface area contributed by atoms with Gasteiger partial charge in [-0.1, -0.05) is 23.7 Å².